The number of rotatable bonds is 5. The molecule has 110 valence electrons. The van der Waals surface area contributed by atoms with Crippen LogP contribution in [0.2, 0.25) is 5.02 Å². The van der Waals surface area contributed by atoms with E-state index >= 15 is 0 Å². The highest BCUT2D eigenvalue weighted by atomic mass is 79.9. The van der Waals surface area contributed by atoms with Crippen molar-refractivity contribution in [2.45, 2.75) is 19.4 Å². The van der Waals surface area contributed by atoms with E-state index < -0.39 is 0 Å². The molecular weight excluding hydrogens is 370 g/mol. The summed E-state index contributed by atoms with van der Waals surface area (Å²) in [6.45, 7) is 2.99. The first-order valence-corrected chi connectivity index (χ1v) is 8.82. The summed E-state index contributed by atoms with van der Waals surface area (Å²) >= 11 is 11.5. The Balaban J connectivity index is 1.88. The molecule has 0 fully saturated rings. The summed E-state index contributed by atoms with van der Waals surface area (Å²) < 4.78 is 3.06. The normalized spacial score (nSPS) is 12.9. The van der Waals surface area contributed by atoms with Crippen LogP contribution in [-0.4, -0.2) is 15.9 Å². The van der Waals surface area contributed by atoms with E-state index in [0.717, 1.165) is 38.7 Å². The highest BCUT2D eigenvalue weighted by Gasteiger charge is 2.16. The monoisotopic (exact) mass is 383 g/mol. The molecule has 3 aromatic rings. The number of hydrogen-bond acceptors (Lipinski definition) is 3. The predicted molar refractivity (Wildman–Crippen MR) is 92.3 cm³/mol. The molecule has 6 heteroatoms. The second-order valence-corrected chi connectivity index (χ2v) is 7.00. The molecule has 1 aromatic carbocycles. The third-order valence-electron chi connectivity index (χ3n) is 3.34. The number of nitrogens with one attached hydrogen (secondary N) is 1. The van der Waals surface area contributed by atoms with Gasteiger partial charge in [0, 0.05) is 39.7 Å². The third kappa shape index (κ3) is 3.31. The third-order valence-corrected chi connectivity index (χ3v) is 4.94. The number of fused-ring (bicyclic) bond motifs is 1. The molecule has 0 bridgehead atoms. The van der Waals surface area contributed by atoms with Gasteiger partial charge in [0.05, 0.1) is 5.69 Å². The van der Waals surface area contributed by atoms with Gasteiger partial charge >= 0.3 is 0 Å². The molecule has 0 aliphatic heterocycles. The Morgan fingerprint density at radius 3 is 3.05 bits per heavy atom. The minimum absolute atomic E-state index is 0.167. The molecule has 1 atom stereocenters. The topological polar surface area (TPSA) is 29.3 Å². The first-order chi connectivity index (χ1) is 10.2. The molecular formula is C15H15BrClN3S. The van der Waals surface area contributed by atoms with Crippen LogP contribution in [0.25, 0.3) is 4.96 Å². The van der Waals surface area contributed by atoms with Crippen molar-refractivity contribution in [2.75, 3.05) is 6.54 Å². The fourth-order valence-corrected chi connectivity index (χ4v) is 3.93. The highest BCUT2D eigenvalue weighted by Crippen LogP contribution is 2.28. The maximum absolute atomic E-state index is 6.39. The first-order valence-electron chi connectivity index (χ1n) is 6.76. The average molecular weight is 385 g/mol. The van der Waals surface area contributed by atoms with E-state index in [1.807, 2.05) is 23.7 Å². The van der Waals surface area contributed by atoms with Crippen LogP contribution in [0.5, 0.6) is 0 Å². The van der Waals surface area contributed by atoms with Crippen molar-refractivity contribution in [2.24, 2.45) is 0 Å². The van der Waals surface area contributed by atoms with E-state index in [-0.39, 0.29) is 6.04 Å². The predicted octanol–water partition coefficient (Wildman–Crippen LogP) is 4.71. The molecule has 0 saturated heterocycles. The summed E-state index contributed by atoms with van der Waals surface area (Å²) in [5.41, 5.74) is 2.19. The molecule has 0 radical (unpaired) electrons. The number of aromatic nitrogens is 2. The zero-order valence-electron chi connectivity index (χ0n) is 11.5. The summed E-state index contributed by atoms with van der Waals surface area (Å²) in [5.74, 6) is 0. The standard InChI is InChI=1S/C15H15BrClN3S/c1-2-18-14(12-4-3-10(16)7-13(12)17)8-11-9-20-5-6-21-15(20)19-11/h3-7,9,14,18H,2,8H2,1H3. The molecule has 0 aliphatic carbocycles. The van der Waals surface area contributed by atoms with E-state index in [1.54, 1.807) is 11.3 Å². The van der Waals surface area contributed by atoms with Gasteiger partial charge in [0.2, 0.25) is 0 Å². The largest absolute Gasteiger partial charge is 0.310 e. The second-order valence-electron chi connectivity index (χ2n) is 4.81. The van der Waals surface area contributed by atoms with Gasteiger partial charge in [-0.25, -0.2) is 4.98 Å². The number of imidazole rings is 1. The quantitative estimate of drug-likeness (QED) is 0.690. The van der Waals surface area contributed by atoms with Gasteiger partial charge in [0.25, 0.3) is 0 Å². The molecule has 1 unspecified atom stereocenters. The lowest BCUT2D eigenvalue weighted by Gasteiger charge is -2.18. The molecule has 0 amide bonds. The summed E-state index contributed by atoms with van der Waals surface area (Å²) in [5, 5.41) is 6.31. The van der Waals surface area contributed by atoms with E-state index in [2.05, 4.69) is 49.8 Å². The maximum Gasteiger partial charge on any atom is 0.193 e. The van der Waals surface area contributed by atoms with Crippen molar-refractivity contribution in [3.8, 4) is 0 Å². The molecule has 3 rings (SSSR count). The van der Waals surface area contributed by atoms with Crippen molar-refractivity contribution in [3.63, 3.8) is 0 Å². The Morgan fingerprint density at radius 1 is 1.48 bits per heavy atom. The average Bonchev–Trinajstić information content (AvgIpc) is 2.99. The van der Waals surface area contributed by atoms with Crippen molar-refractivity contribution in [1.29, 1.82) is 0 Å². The van der Waals surface area contributed by atoms with Crippen LogP contribution in [-0.2, 0) is 6.42 Å². The van der Waals surface area contributed by atoms with Gasteiger partial charge in [-0.05, 0) is 24.2 Å². The van der Waals surface area contributed by atoms with Crippen LogP contribution in [0, 0.1) is 0 Å². The van der Waals surface area contributed by atoms with E-state index in [0.29, 0.717) is 0 Å². The number of benzene rings is 1. The van der Waals surface area contributed by atoms with Crippen LogP contribution >= 0.6 is 38.9 Å². The zero-order chi connectivity index (χ0) is 14.8. The van der Waals surface area contributed by atoms with Gasteiger partial charge in [-0.2, -0.15) is 0 Å². The molecule has 2 aromatic heterocycles. The van der Waals surface area contributed by atoms with Gasteiger partial charge in [-0.3, -0.25) is 4.40 Å². The minimum atomic E-state index is 0.167. The zero-order valence-corrected chi connectivity index (χ0v) is 14.7. The van der Waals surface area contributed by atoms with Crippen molar-refractivity contribution >= 4 is 43.8 Å². The van der Waals surface area contributed by atoms with E-state index in [1.165, 1.54) is 0 Å². The maximum atomic E-state index is 6.39. The summed E-state index contributed by atoms with van der Waals surface area (Å²) in [6, 6.07) is 6.20. The van der Waals surface area contributed by atoms with Crippen molar-refractivity contribution in [3.05, 3.63) is 56.7 Å². The lowest BCUT2D eigenvalue weighted by atomic mass is 10.0. The van der Waals surface area contributed by atoms with Gasteiger partial charge in [0.1, 0.15) is 0 Å². The molecule has 0 aliphatic rings. The van der Waals surface area contributed by atoms with Gasteiger partial charge in [0.15, 0.2) is 4.96 Å². The molecule has 0 saturated carbocycles. The van der Waals surface area contributed by atoms with Gasteiger partial charge in [-0.15, -0.1) is 11.3 Å². The Hall–Kier alpha value is -0.880. The SMILES string of the molecule is CCNC(Cc1cn2ccsc2n1)c1ccc(Br)cc1Cl. The van der Waals surface area contributed by atoms with Crippen LogP contribution in [0.1, 0.15) is 24.2 Å². The summed E-state index contributed by atoms with van der Waals surface area (Å²) in [7, 11) is 0. The van der Waals surface area contributed by atoms with E-state index in [4.69, 9.17) is 11.6 Å². The molecule has 3 nitrogen and oxygen atoms in total. The molecule has 2 heterocycles. The Bertz CT molecular complexity index is 724. The smallest absolute Gasteiger partial charge is 0.193 e. The van der Waals surface area contributed by atoms with Gasteiger partial charge in [-0.1, -0.05) is 40.5 Å². The number of hydrogen-bond donors (Lipinski definition) is 1. The highest BCUT2D eigenvalue weighted by molar-refractivity contribution is 9.10. The van der Waals surface area contributed by atoms with Crippen molar-refractivity contribution < 1.29 is 0 Å². The number of thiazole rings is 1. The van der Waals surface area contributed by atoms with Crippen LogP contribution in [0.4, 0.5) is 0 Å². The fraction of sp³-hybridized carbons (Fsp3) is 0.267. The Kier molecular flexibility index (Phi) is 4.64. The lowest BCUT2D eigenvalue weighted by molar-refractivity contribution is 0.545. The van der Waals surface area contributed by atoms with Crippen LogP contribution in [0.3, 0.4) is 0 Å². The Labute approximate surface area is 141 Å². The minimum Gasteiger partial charge on any atom is -0.310 e. The van der Waals surface area contributed by atoms with Gasteiger partial charge < -0.3 is 5.32 Å². The van der Waals surface area contributed by atoms with Crippen LogP contribution < -0.4 is 5.32 Å². The number of likely N-dealkylation sites (N-methyl/N-ethyl adjacent to an activating group) is 1. The first kappa shape index (κ1) is 15.0. The van der Waals surface area contributed by atoms with E-state index in [9.17, 15) is 0 Å². The fourth-order valence-electron chi connectivity index (χ4n) is 2.41. The Morgan fingerprint density at radius 2 is 2.33 bits per heavy atom. The number of nitrogens with zero attached hydrogens (tertiary/aromatic N) is 2. The summed E-state index contributed by atoms with van der Waals surface area (Å²) in [6.07, 6.45) is 4.94. The molecule has 0 spiro atoms. The number of halogens is 2. The van der Waals surface area contributed by atoms with Crippen LogP contribution in [0.15, 0.2) is 40.4 Å². The lowest BCUT2D eigenvalue weighted by Crippen LogP contribution is -2.23. The second kappa shape index (κ2) is 6.48. The molecule has 1 N–H and O–H groups in total. The summed E-state index contributed by atoms with van der Waals surface area (Å²) in [4.78, 5) is 5.69. The van der Waals surface area contributed by atoms with Crippen molar-refractivity contribution in [1.82, 2.24) is 14.7 Å². The molecule has 21 heavy (non-hydrogen) atoms.